The van der Waals surface area contributed by atoms with Crippen molar-refractivity contribution in [3.8, 4) is 0 Å². The van der Waals surface area contributed by atoms with Crippen molar-refractivity contribution in [2.24, 2.45) is 17.6 Å². The number of thioether (sulfide) groups is 1. The smallest absolute Gasteiger partial charge is 0.115 e. The summed E-state index contributed by atoms with van der Waals surface area (Å²) in [5, 5.41) is 1.64. The van der Waals surface area contributed by atoms with Gasteiger partial charge in [-0.1, -0.05) is 13.3 Å². The molecule has 4 heteroatoms. The maximum absolute atomic E-state index is 5.84. The molecule has 0 spiro atoms. The lowest BCUT2D eigenvalue weighted by molar-refractivity contribution is 0.306. The zero-order chi connectivity index (χ0) is 11.4. The first kappa shape index (κ1) is 11.9. The molecular weight excluding hydrogens is 218 g/mol. The van der Waals surface area contributed by atoms with Crippen LogP contribution in [0.1, 0.15) is 26.2 Å². The highest BCUT2D eigenvalue weighted by atomic mass is 32.2. The fourth-order valence-electron chi connectivity index (χ4n) is 2.31. The van der Waals surface area contributed by atoms with Crippen LogP contribution < -0.4 is 5.73 Å². The second-order valence-corrected chi connectivity index (χ2v) is 5.87. The van der Waals surface area contributed by atoms with E-state index in [0.29, 0.717) is 11.2 Å². The lowest BCUT2D eigenvalue weighted by Gasteiger charge is -2.33. The third-order valence-corrected chi connectivity index (χ3v) is 4.64. The zero-order valence-electron chi connectivity index (χ0n) is 9.67. The van der Waals surface area contributed by atoms with Crippen molar-refractivity contribution in [2.75, 3.05) is 6.54 Å². The van der Waals surface area contributed by atoms with E-state index in [2.05, 4.69) is 16.9 Å². The predicted octanol–water partition coefficient (Wildman–Crippen LogP) is 2.33. The molecule has 0 amide bonds. The van der Waals surface area contributed by atoms with Crippen LogP contribution in [0.4, 0.5) is 0 Å². The molecule has 3 unspecified atom stereocenters. The topological polar surface area (TPSA) is 51.8 Å². The Kier molecular flexibility index (Phi) is 4.18. The molecule has 2 rings (SSSR count). The average Bonchev–Trinajstić information content (AvgIpc) is 2.31. The van der Waals surface area contributed by atoms with Crippen LogP contribution in [-0.4, -0.2) is 21.8 Å². The summed E-state index contributed by atoms with van der Waals surface area (Å²) >= 11 is 1.85. The highest BCUT2D eigenvalue weighted by molar-refractivity contribution is 7.99. The highest BCUT2D eigenvalue weighted by Crippen LogP contribution is 2.38. The van der Waals surface area contributed by atoms with Gasteiger partial charge in [0.15, 0.2) is 0 Å². The summed E-state index contributed by atoms with van der Waals surface area (Å²) in [5.41, 5.74) is 5.84. The molecule has 1 heterocycles. The standard InChI is InChI=1S/C12H19N3S/c1-9-2-3-10(7-13)11(6-9)16-12-8-14-4-5-15-12/h4-5,8-11H,2-3,6-7,13H2,1H3. The van der Waals surface area contributed by atoms with Crippen LogP contribution in [0, 0.1) is 11.8 Å². The molecule has 1 aliphatic rings. The Bertz CT molecular complexity index is 317. The molecule has 1 fully saturated rings. The SMILES string of the molecule is CC1CCC(CN)C(Sc2cnccn2)C1. The first-order valence-corrected chi connectivity index (χ1v) is 6.80. The molecule has 1 aliphatic carbocycles. The molecule has 0 aromatic carbocycles. The lowest BCUT2D eigenvalue weighted by atomic mass is 9.82. The van der Waals surface area contributed by atoms with Gasteiger partial charge in [-0.25, -0.2) is 4.98 Å². The number of hydrogen-bond donors (Lipinski definition) is 1. The molecule has 3 atom stereocenters. The van der Waals surface area contributed by atoms with Gasteiger partial charge in [0.25, 0.3) is 0 Å². The van der Waals surface area contributed by atoms with Crippen molar-refractivity contribution in [1.82, 2.24) is 9.97 Å². The second kappa shape index (κ2) is 5.64. The molecule has 2 N–H and O–H groups in total. The molecule has 0 bridgehead atoms. The van der Waals surface area contributed by atoms with Crippen LogP contribution in [0.25, 0.3) is 0 Å². The number of hydrogen-bond acceptors (Lipinski definition) is 4. The average molecular weight is 237 g/mol. The number of nitrogens with zero attached hydrogens (tertiary/aromatic N) is 2. The molecule has 1 saturated carbocycles. The van der Waals surface area contributed by atoms with Gasteiger partial charge in [0.2, 0.25) is 0 Å². The Balaban J connectivity index is 2.01. The van der Waals surface area contributed by atoms with Crippen molar-refractivity contribution >= 4 is 11.8 Å². The van der Waals surface area contributed by atoms with Crippen LogP contribution in [0.15, 0.2) is 23.6 Å². The predicted molar refractivity (Wildman–Crippen MR) is 67.2 cm³/mol. The monoisotopic (exact) mass is 237 g/mol. The van der Waals surface area contributed by atoms with Crippen LogP contribution in [0.2, 0.25) is 0 Å². The second-order valence-electron chi connectivity index (χ2n) is 4.61. The van der Waals surface area contributed by atoms with E-state index in [-0.39, 0.29) is 0 Å². The first-order valence-electron chi connectivity index (χ1n) is 5.92. The molecule has 3 nitrogen and oxygen atoms in total. The maximum atomic E-state index is 5.84. The van der Waals surface area contributed by atoms with E-state index in [1.165, 1.54) is 19.3 Å². The minimum Gasteiger partial charge on any atom is -0.330 e. The Morgan fingerprint density at radius 3 is 3.00 bits per heavy atom. The quantitative estimate of drug-likeness (QED) is 0.876. The van der Waals surface area contributed by atoms with Gasteiger partial charge in [-0.15, -0.1) is 11.8 Å². The Morgan fingerprint density at radius 1 is 1.44 bits per heavy atom. The third-order valence-electron chi connectivity index (χ3n) is 3.31. The molecule has 16 heavy (non-hydrogen) atoms. The van der Waals surface area contributed by atoms with Crippen LogP contribution >= 0.6 is 11.8 Å². The number of nitrogens with two attached hydrogens (primary N) is 1. The normalized spacial score (nSPS) is 30.2. The van der Waals surface area contributed by atoms with Crippen molar-refractivity contribution in [1.29, 1.82) is 0 Å². The fraction of sp³-hybridized carbons (Fsp3) is 0.667. The van der Waals surface area contributed by atoms with E-state index >= 15 is 0 Å². The van der Waals surface area contributed by atoms with Crippen molar-refractivity contribution in [3.05, 3.63) is 18.6 Å². The van der Waals surface area contributed by atoms with Gasteiger partial charge in [0, 0.05) is 17.6 Å². The summed E-state index contributed by atoms with van der Waals surface area (Å²) in [4.78, 5) is 8.43. The van der Waals surface area contributed by atoms with Gasteiger partial charge in [0.1, 0.15) is 5.03 Å². The van der Waals surface area contributed by atoms with E-state index in [1.54, 1.807) is 12.4 Å². The minimum atomic E-state index is 0.616. The number of aromatic nitrogens is 2. The van der Waals surface area contributed by atoms with Crippen molar-refractivity contribution in [3.63, 3.8) is 0 Å². The highest BCUT2D eigenvalue weighted by Gasteiger charge is 2.28. The summed E-state index contributed by atoms with van der Waals surface area (Å²) in [6, 6.07) is 0. The molecule has 1 aromatic heterocycles. The van der Waals surface area contributed by atoms with Gasteiger partial charge in [0.05, 0.1) is 6.20 Å². The van der Waals surface area contributed by atoms with Gasteiger partial charge in [-0.2, -0.15) is 0 Å². The van der Waals surface area contributed by atoms with Crippen LogP contribution in [-0.2, 0) is 0 Å². The Hall–Kier alpha value is -0.610. The third kappa shape index (κ3) is 2.95. The van der Waals surface area contributed by atoms with Crippen molar-refractivity contribution < 1.29 is 0 Å². The summed E-state index contributed by atoms with van der Waals surface area (Å²) in [7, 11) is 0. The maximum Gasteiger partial charge on any atom is 0.115 e. The first-order chi connectivity index (χ1) is 7.79. The van der Waals surface area contributed by atoms with Crippen LogP contribution in [0.5, 0.6) is 0 Å². The number of rotatable bonds is 3. The van der Waals surface area contributed by atoms with E-state index in [4.69, 9.17) is 5.73 Å². The summed E-state index contributed by atoms with van der Waals surface area (Å²) in [6.07, 6.45) is 9.15. The Morgan fingerprint density at radius 2 is 2.31 bits per heavy atom. The van der Waals surface area contributed by atoms with Gasteiger partial charge < -0.3 is 5.73 Å². The molecule has 0 saturated heterocycles. The van der Waals surface area contributed by atoms with Gasteiger partial charge >= 0.3 is 0 Å². The molecule has 88 valence electrons. The molecular formula is C12H19N3S. The summed E-state index contributed by atoms with van der Waals surface area (Å²) in [5.74, 6) is 1.46. The summed E-state index contributed by atoms with van der Waals surface area (Å²) in [6.45, 7) is 3.13. The molecule has 0 radical (unpaired) electrons. The minimum absolute atomic E-state index is 0.616. The lowest BCUT2D eigenvalue weighted by Crippen LogP contribution is -2.31. The Labute approximate surface area is 101 Å². The van der Waals surface area contributed by atoms with Crippen molar-refractivity contribution in [2.45, 2.75) is 36.5 Å². The van der Waals surface area contributed by atoms with E-state index in [1.807, 2.05) is 18.0 Å². The molecule has 0 aliphatic heterocycles. The van der Waals surface area contributed by atoms with Gasteiger partial charge in [-0.05, 0) is 31.2 Å². The van der Waals surface area contributed by atoms with E-state index < -0.39 is 0 Å². The largest absolute Gasteiger partial charge is 0.330 e. The zero-order valence-corrected chi connectivity index (χ0v) is 10.5. The summed E-state index contributed by atoms with van der Waals surface area (Å²) < 4.78 is 0. The fourth-order valence-corrected chi connectivity index (χ4v) is 3.72. The molecule has 1 aromatic rings. The van der Waals surface area contributed by atoms with Crippen LogP contribution in [0.3, 0.4) is 0 Å². The van der Waals surface area contributed by atoms with E-state index in [9.17, 15) is 0 Å². The van der Waals surface area contributed by atoms with E-state index in [0.717, 1.165) is 17.5 Å². The van der Waals surface area contributed by atoms with Gasteiger partial charge in [-0.3, -0.25) is 4.98 Å².